The van der Waals surface area contributed by atoms with Crippen LogP contribution >= 0.6 is 15.9 Å². The molecule has 0 saturated heterocycles. The molecule has 2 heterocycles. The molecule has 1 unspecified atom stereocenters. The number of aliphatic hydroxyl groups is 1. The zero-order valence-electron chi connectivity index (χ0n) is 15.1. The van der Waals surface area contributed by atoms with Crippen LogP contribution in [-0.2, 0) is 0 Å². The van der Waals surface area contributed by atoms with Crippen LogP contribution in [-0.4, -0.2) is 26.7 Å². The lowest BCUT2D eigenvalue weighted by molar-refractivity contribution is 0.280. The third-order valence-electron chi connectivity index (χ3n) is 4.53. The van der Waals surface area contributed by atoms with Crippen LogP contribution in [0.15, 0.2) is 77.5 Å². The quantitative estimate of drug-likeness (QED) is 0.447. The van der Waals surface area contributed by atoms with Gasteiger partial charge in [0, 0.05) is 34.4 Å². The third-order valence-corrected chi connectivity index (χ3v) is 5.25. The van der Waals surface area contributed by atoms with Crippen LogP contribution in [0, 0.1) is 0 Å². The fraction of sp³-hybridized carbons (Fsp3) is 0.136. The van der Waals surface area contributed by atoms with E-state index in [1.54, 1.807) is 12.4 Å². The van der Waals surface area contributed by atoms with Crippen LogP contribution < -0.4 is 5.32 Å². The molecule has 0 aliphatic heterocycles. The van der Waals surface area contributed by atoms with Crippen LogP contribution in [0.1, 0.15) is 18.0 Å². The first-order chi connectivity index (χ1) is 13.8. The van der Waals surface area contributed by atoms with Gasteiger partial charge in [0.1, 0.15) is 5.82 Å². The molecule has 2 aromatic heterocycles. The number of anilines is 1. The van der Waals surface area contributed by atoms with Gasteiger partial charge in [0.25, 0.3) is 0 Å². The maximum absolute atomic E-state index is 9.62. The summed E-state index contributed by atoms with van der Waals surface area (Å²) in [7, 11) is 0. The minimum absolute atomic E-state index is 0.0669. The number of hydrogen-bond donors (Lipinski definition) is 2. The molecule has 0 aliphatic carbocycles. The predicted molar refractivity (Wildman–Crippen MR) is 115 cm³/mol. The van der Waals surface area contributed by atoms with Gasteiger partial charge in [-0.1, -0.05) is 46.3 Å². The minimum Gasteiger partial charge on any atom is -0.396 e. The Bertz CT molecular complexity index is 1090. The lowest BCUT2D eigenvalue weighted by atomic mass is 10.0. The fourth-order valence-electron chi connectivity index (χ4n) is 3.17. The maximum Gasteiger partial charge on any atom is 0.163 e. The molecule has 140 valence electrons. The lowest BCUT2D eigenvalue weighted by Gasteiger charge is -2.21. The minimum atomic E-state index is -0.0966. The predicted octanol–water partition coefficient (Wildman–Crippen LogP) is 4.99. The Morgan fingerprint density at radius 1 is 0.964 bits per heavy atom. The van der Waals surface area contributed by atoms with Gasteiger partial charge in [-0.25, -0.2) is 9.97 Å². The van der Waals surface area contributed by atoms with Crippen molar-refractivity contribution in [3.63, 3.8) is 0 Å². The molecule has 0 amide bonds. The number of hydrogen-bond acceptors (Lipinski definition) is 5. The summed E-state index contributed by atoms with van der Waals surface area (Å²) in [6, 6.07) is 19.6. The van der Waals surface area contributed by atoms with Gasteiger partial charge in [-0.2, -0.15) is 0 Å². The molecular formula is C22H19BrN4O. The Balaban J connectivity index is 1.81. The van der Waals surface area contributed by atoms with E-state index >= 15 is 0 Å². The van der Waals surface area contributed by atoms with E-state index in [1.807, 2.05) is 60.7 Å². The lowest BCUT2D eigenvalue weighted by Crippen LogP contribution is -2.15. The highest BCUT2D eigenvalue weighted by Gasteiger charge is 2.17. The molecular weight excluding hydrogens is 416 g/mol. The molecule has 4 aromatic rings. The number of halogens is 1. The van der Waals surface area contributed by atoms with Crippen molar-refractivity contribution in [3.8, 4) is 11.4 Å². The van der Waals surface area contributed by atoms with E-state index in [-0.39, 0.29) is 12.6 Å². The first kappa shape index (κ1) is 18.5. The number of fused-ring (bicyclic) bond motifs is 1. The van der Waals surface area contributed by atoms with E-state index < -0.39 is 0 Å². The van der Waals surface area contributed by atoms with Crippen LogP contribution in [0.3, 0.4) is 0 Å². The van der Waals surface area contributed by atoms with E-state index in [4.69, 9.17) is 9.97 Å². The highest BCUT2D eigenvalue weighted by atomic mass is 79.9. The van der Waals surface area contributed by atoms with Crippen molar-refractivity contribution in [3.05, 3.63) is 83.1 Å². The molecule has 4 rings (SSSR count). The molecule has 0 spiro atoms. The summed E-state index contributed by atoms with van der Waals surface area (Å²) in [5, 5.41) is 14.1. The maximum atomic E-state index is 9.62. The van der Waals surface area contributed by atoms with Crippen LogP contribution in [0.5, 0.6) is 0 Å². The second-order valence-electron chi connectivity index (χ2n) is 6.39. The number of benzene rings is 2. The topological polar surface area (TPSA) is 70.9 Å². The summed E-state index contributed by atoms with van der Waals surface area (Å²) in [6.45, 7) is 0.0669. The van der Waals surface area contributed by atoms with Crippen LogP contribution in [0.2, 0.25) is 0 Å². The number of rotatable bonds is 6. The highest BCUT2D eigenvalue weighted by molar-refractivity contribution is 9.10. The summed E-state index contributed by atoms with van der Waals surface area (Å²) in [5.74, 6) is 1.35. The number of aliphatic hydroxyl groups excluding tert-OH is 1. The summed E-state index contributed by atoms with van der Waals surface area (Å²) < 4.78 is 0.992. The van der Waals surface area contributed by atoms with E-state index in [0.29, 0.717) is 12.2 Å². The van der Waals surface area contributed by atoms with Gasteiger partial charge in [0.15, 0.2) is 5.82 Å². The second-order valence-corrected chi connectivity index (χ2v) is 7.24. The Labute approximate surface area is 171 Å². The molecule has 0 saturated carbocycles. The molecule has 2 N–H and O–H groups in total. The Morgan fingerprint density at radius 3 is 2.57 bits per heavy atom. The van der Waals surface area contributed by atoms with Gasteiger partial charge in [0.2, 0.25) is 0 Å². The second kappa shape index (κ2) is 8.46. The first-order valence-corrected chi connectivity index (χ1v) is 9.84. The SMILES string of the molecule is OCCC(Nc1nc(-c2cccnc2)nc2ccccc12)c1ccccc1Br. The Morgan fingerprint density at radius 2 is 1.79 bits per heavy atom. The first-order valence-electron chi connectivity index (χ1n) is 9.05. The normalized spacial score (nSPS) is 12.1. The molecule has 0 aliphatic rings. The number of para-hydroxylation sites is 1. The zero-order valence-corrected chi connectivity index (χ0v) is 16.7. The van der Waals surface area contributed by atoms with Crippen molar-refractivity contribution in [2.45, 2.75) is 12.5 Å². The van der Waals surface area contributed by atoms with Crippen molar-refractivity contribution in [1.82, 2.24) is 15.0 Å². The number of nitrogens with zero attached hydrogens (tertiary/aromatic N) is 3. The molecule has 0 radical (unpaired) electrons. The van der Waals surface area contributed by atoms with Crippen LogP contribution in [0.25, 0.3) is 22.3 Å². The zero-order chi connectivity index (χ0) is 19.3. The molecule has 5 nitrogen and oxygen atoms in total. The van der Waals surface area contributed by atoms with Crippen molar-refractivity contribution in [1.29, 1.82) is 0 Å². The third kappa shape index (κ3) is 3.88. The van der Waals surface area contributed by atoms with E-state index in [1.165, 1.54) is 0 Å². The monoisotopic (exact) mass is 434 g/mol. The van der Waals surface area contributed by atoms with Gasteiger partial charge in [-0.05, 0) is 42.3 Å². The standard InChI is InChI=1S/C22H19BrN4O/c23-18-9-3-1-7-16(18)20(11-13-28)26-22-17-8-2-4-10-19(17)25-21(27-22)15-6-5-12-24-14-15/h1-10,12,14,20,28H,11,13H2,(H,25,26,27). The molecule has 0 fully saturated rings. The molecule has 28 heavy (non-hydrogen) atoms. The van der Waals surface area contributed by atoms with Crippen molar-refractivity contribution in [2.75, 3.05) is 11.9 Å². The van der Waals surface area contributed by atoms with Gasteiger partial charge in [-0.3, -0.25) is 4.98 Å². The average molecular weight is 435 g/mol. The van der Waals surface area contributed by atoms with E-state index in [9.17, 15) is 5.11 Å². The molecule has 2 aromatic carbocycles. The smallest absolute Gasteiger partial charge is 0.163 e. The van der Waals surface area contributed by atoms with E-state index in [2.05, 4.69) is 26.2 Å². The molecule has 0 bridgehead atoms. The highest BCUT2D eigenvalue weighted by Crippen LogP contribution is 2.31. The summed E-state index contributed by atoms with van der Waals surface area (Å²) >= 11 is 3.62. The number of nitrogens with one attached hydrogen (secondary N) is 1. The number of aromatic nitrogens is 3. The summed E-state index contributed by atoms with van der Waals surface area (Å²) in [4.78, 5) is 13.7. The van der Waals surface area contributed by atoms with Crippen molar-refractivity contribution < 1.29 is 5.11 Å². The van der Waals surface area contributed by atoms with Gasteiger partial charge < -0.3 is 10.4 Å². The van der Waals surface area contributed by atoms with Crippen molar-refractivity contribution >= 4 is 32.7 Å². The Hall–Kier alpha value is -2.83. The van der Waals surface area contributed by atoms with Crippen molar-refractivity contribution in [2.24, 2.45) is 0 Å². The van der Waals surface area contributed by atoms with Gasteiger partial charge >= 0.3 is 0 Å². The average Bonchev–Trinajstić information content (AvgIpc) is 2.74. The summed E-state index contributed by atoms with van der Waals surface area (Å²) in [5.41, 5.74) is 2.78. The van der Waals surface area contributed by atoms with Gasteiger partial charge in [-0.15, -0.1) is 0 Å². The fourth-order valence-corrected chi connectivity index (χ4v) is 3.73. The molecule has 1 atom stereocenters. The largest absolute Gasteiger partial charge is 0.396 e. The summed E-state index contributed by atoms with van der Waals surface area (Å²) in [6.07, 6.45) is 4.05. The number of pyridine rings is 1. The Kier molecular flexibility index (Phi) is 5.60. The van der Waals surface area contributed by atoms with E-state index in [0.717, 1.165) is 32.3 Å². The van der Waals surface area contributed by atoms with Crippen LogP contribution in [0.4, 0.5) is 5.82 Å². The molecule has 6 heteroatoms. The van der Waals surface area contributed by atoms with Gasteiger partial charge in [0.05, 0.1) is 11.6 Å².